The van der Waals surface area contributed by atoms with E-state index in [-0.39, 0.29) is 51.8 Å². The van der Waals surface area contributed by atoms with Crippen LogP contribution < -0.4 is 11.5 Å². The predicted octanol–water partition coefficient (Wildman–Crippen LogP) is -1.74. The molecule has 4 aromatic heterocycles. The average molecular weight is 643 g/mol. The fourth-order valence-electron chi connectivity index (χ4n) is 5.06. The van der Waals surface area contributed by atoms with E-state index in [1.165, 1.54) is 28.1 Å². The molecule has 2 aliphatic rings. The molecule has 232 valence electrons. The van der Waals surface area contributed by atoms with Crippen molar-refractivity contribution in [1.29, 1.82) is 0 Å². The number of nitrogens with one attached hydrogen (secondary N) is 1. The van der Waals surface area contributed by atoms with E-state index < -0.39 is 63.5 Å². The highest BCUT2D eigenvalue weighted by Gasteiger charge is 2.50. The largest absolute Gasteiger partial charge is 0.472 e. The van der Waals surface area contributed by atoms with Gasteiger partial charge in [0.1, 0.15) is 52.5 Å². The average Bonchev–Trinajstić information content (AvgIpc) is 3.71. The van der Waals surface area contributed by atoms with E-state index >= 15 is 0 Å². The van der Waals surface area contributed by atoms with Crippen LogP contribution in [0.15, 0.2) is 19.0 Å². The molecular formula is C21H27N10O10PS. The molecule has 0 saturated carbocycles. The zero-order chi connectivity index (χ0) is 30.6. The molecule has 6 heterocycles. The van der Waals surface area contributed by atoms with Crippen molar-refractivity contribution >= 4 is 54.1 Å². The van der Waals surface area contributed by atoms with Gasteiger partial charge < -0.3 is 51.2 Å². The summed E-state index contributed by atoms with van der Waals surface area (Å²) in [4.78, 5) is 33.7. The number of hydrogen-bond acceptors (Lipinski definition) is 17. The Morgan fingerprint density at radius 2 is 1.67 bits per heavy atom. The van der Waals surface area contributed by atoms with Crippen LogP contribution in [0.3, 0.4) is 0 Å². The first-order chi connectivity index (χ1) is 20.5. The number of aliphatic hydroxyl groups excluding tert-OH is 4. The number of aromatic nitrogens is 8. The minimum atomic E-state index is -5.00. The van der Waals surface area contributed by atoms with E-state index in [0.717, 1.165) is 0 Å². The highest BCUT2D eigenvalue weighted by atomic mass is 32.1. The van der Waals surface area contributed by atoms with E-state index in [4.69, 9.17) is 42.2 Å². The molecule has 0 spiro atoms. The van der Waals surface area contributed by atoms with Gasteiger partial charge in [-0.15, -0.1) is 0 Å². The van der Waals surface area contributed by atoms with E-state index in [0.29, 0.717) is 0 Å². The summed E-state index contributed by atoms with van der Waals surface area (Å²) >= 11 is 5.22. The van der Waals surface area contributed by atoms with Crippen LogP contribution in [0.5, 0.6) is 0 Å². The third-order valence-electron chi connectivity index (χ3n) is 7.11. The lowest BCUT2D eigenvalue weighted by molar-refractivity contribution is -0.0601. The molecule has 6 rings (SSSR count). The Hall–Kier alpha value is -3.21. The van der Waals surface area contributed by atoms with Gasteiger partial charge in [0.2, 0.25) is 5.95 Å². The standard InChI is InChI=1S/C21H27N10O10PS/c22-15-9-16(25-4-24-15)30(5-26-9)19-13(35)11(33)8(40-19)3-38-42(36,37)41-14-12(34)7(1-2-32)39-20(14)31-6-27-10-17(31)28-21(23)29-18(10)43/h4-8,11-14,19-20,32-35H,1-3H2,(H,36,37)(H2,22,24,25)(H3,23,28,29,43)/t7-,8-,11-,12-,13-,14-,19-,20-/m1/s1. The number of H-pyrrole nitrogens is 1. The number of aromatic amines is 1. The third kappa shape index (κ3) is 5.38. The summed E-state index contributed by atoms with van der Waals surface area (Å²) in [5.74, 6) is 0.0621. The van der Waals surface area contributed by atoms with Crippen LogP contribution in [-0.4, -0.2) is 114 Å². The lowest BCUT2D eigenvalue weighted by atomic mass is 10.1. The van der Waals surface area contributed by atoms with Crippen LogP contribution in [0, 0.1) is 4.64 Å². The first-order valence-corrected chi connectivity index (χ1v) is 14.7. The molecule has 22 heteroatoms. The smallest absolute Gasteiger partial charge is 0.396 e. The minimum Gasteiger partial charge on any atom is -0.396 e. The Labute approximate surface area is 245 Å². The number of nitrogen functional groups attached to an aromatic ring is 2. The second kappa shape index (κ2) is 11.4. The minimum absolute atomic E-state index is 0.0305. The summed E-state index contributed by atoms with van der Waals surface area (Å²) in [5.41, 5.74) is 12.5. The van der Waals surface area contributed by atoms with Gasteiger partial charge in [-0.1, -0.05) is 12.2 Å². The van der Waals surface area contributed by atoms with E-state index in [1.54, 1.807) is 0 Å². The Morgan fingerprint density at radius 3 is 2.42 bits per heavy atom. The maximum Gasteiger partial charge on any atom is 0.472 e. The molecule has 0 amide bonds. The van der Waals surface area contributed by atoms with Crippen LogP contribution in [0.4, 0.5) is 11.8 Å². The Morgan fingerprint density at radius 1 is 0.977 bits per heavy atom. The van der Waals surface area contributed by atoms with Gasteiger partial charge in [0.15, 0.2) is 29.6 Å². The van der Waals surface area contributed by atoms with Gasteiger partial charge in [-0.25, -0.2) is 24.5 Å². The molecule has 2 fully saturated rings. The number of aliphatic hydroxyl groups is 4. The first-order valence-electron chi connectivity index (χ1n) is 12.8. The van der Waals surface area contributed by atoms with Gasteiger partial charge >= 0.3 is 7.82 Å². The van der Waals surface area contributed by atoms with Crippen molar-refractivity contribution < 1.29 is 48.4 Å². The van der Waals surface area contributed by atoms with Crippen molar-refractivity contribution in [3.8, 4) is 0 Å². The predicted molar refractivity (Wildman–Crippen MR) is 145 cm³/mol. The number of imidazole rings is 2. The van der Waals surface area contributed by atoms with Gasteiger partial charge in [-0.05, 0) is 6.42 Å². The second-order valence-electron chi connectivity index (χ2n) is 9.81. The maximum atomic E-state index is 13.1. The molecule has 0 radical (unpaired) electrons. The van der Waals surface area contributed by atoms with Gasteiger partial charge in [0, 0.05) is 6.61 Å². The van der Waals surface area contributed by atoms with Crippen LogP contribution in [0.1, 0.15) is 18.9 Å². The zero-order valence-electron chi connectivity index (χ0n) is 21.9. The molecule has 0 aromatic carbocycles. The summed E-state index contributed by atoms with van der Waals surface area (Å²) in [5, 5.41) is 41.6. The lowest BCUT2D eigenvalue weighted by Gasteiger charge is -2.25. The molecule has 20 nitrogen and oxygen atoms in total. The number of nitrogens with two attached hydrogens (primary N) is 2. The molecule has 10 N–H and O–H groups in total. The summed E-state index contributed by atoms with van der Waals surface area (Å²) in [6.07, 6.45) is -7.13. The van der Waals surface area contributed by atoms with Crippen molar-refractivity contribution in [2.24, 2.45) is 0 Å². The number of nitrogens with zero attached hydrogens (tertiary/aromatic N) is 7. The molecule has 0 aliphatic carbocycles. The number of anilines is 2. The van der Waals surface area contributed by atoms with E-state index in [1.807, 2.05) is 0 Å². The molecule has 4 aromatic rings. The summed E-state index contributed by atoms with van der Waals surface area (Å²) in [6, 6.07) is 0. The van der Waals surface area contributed by atoms with Crippen LogP contribution in [0.2, 0.25) is 0 Å². The molecule has 0 bridgehead atoms. The van der Waals surface area contributed by atoms with Crippen molar-refractivity contribution in [2.75, 3.05) is 24.7 Å². The maximum absolute atomic E-state index is 13.1. The van der Waals surface area contributed by atoms with Gasteiger partial charge in [-0.2, -0.15) is 4.98 Å². The molecule has 1 unspecified atom stereocenters. The number of rotatable bonds is 9. The van der Waals surface area contributed by atoms with Crippen molar-refractivity contribution in [3.05, 3.63) is 23.6 Å². The number of fused-ring (bicyclic) bond motifs is 2. The first kappa shape index (κ1) is 29.8. The highest BCUT2D eigenvalue weighted by molar-refractivity contribution is 7.71. The van der Waals surface area contributed by atoms with E-state index in [9.17, 15) is 29.9 Å². The number of phosphoric acid groups is 1. The Balaban J connectivity index is 1.19. The Kier molecular flexibility index (Phi) is 7.89. The normalized spacial score (nSPS) is 30.8. The van der Waals surface area contributed by atoms with Crippen molar-refractivity contribution in [2.45, 2.75) is 55.5 Å². The topological polar surface area (TPSA) is 297 Å². The second-order valence-corrected chi connectivity index (χ2v) is 11.6. The Bertz CT molecular complexity index is 1750. The quantitative estimate of drug-likeness (QED) is 0.0741. The van der Waals surface area contributed by atoms with Crippen molar-refractivity contribution in [1.82, 2.24) is 39.0 Å². The molecule has 2 saturated heterocycles. The molecule has 43 heavy (non-hydrogen) atoms. The summed E-state index contributed by atoms with van der Waals surface area (Å²) in [7, 11) is -5.00. The molecule has 2 aliphatic heterocycles. The van der Waals surface area contributed by atoms with Gasteiger partial charge in [0.05, 0.1) is 25.4 Å². The third-order valence-corrected chi connectivity index (χ3v) is 8.39. The summed E-state index contributed by atoms with van der Waals surface area (Å²) < 4.78 is 38.0. The monoisotopic (exact) mass is 642 g/mol. The fraction of sp³-hybridized carbons (Fsp3) is 0.524. The fourth-order valence-corrected chi connectivity index (χ4v) is 6.24. The number of phosphoric ester groups is 1. The molecular weight excluding hydrogens is 615 g/mol. The van der Waals surface area contributed by atoms with Crippen LogP contribution >= 0.6 is 20.0 Å². The van der Waals surface area contributed by atoms with Crippen LogP contribution in [0.25, 0.3) is 22.3 Å². The number of hydrogen-bond donors (Lipinski definition) is 8. The lowest BCUT2D eigenvalue weighted by Crippen LogP contribution is -2.35. The van der Waals surface area contributed by atoms with Crippen molar-refractivity contribution in [3.63, 3.8) is 0 Å². The van der Waals surface area contributed by atoms with E-state index in [2.05, 4.69) is 29.9 Å². The van der Waals surface area contributed by atoms with Gasteiger partial charge in [0.25, 0.3) is 0 Å². The number of ether oxygens (including phenoxy) is 2. The SMILES string of the molecule is Nc1nc2c(ncn2[C@@H]2O[C@H](CCO)[C@@H](O)[C@H]2OP(=O)(O)OC[C@H]2O[C@@H](n3cnc4c(N)ncnc43)[C@H](O)[C@@H]2O)c(=S)[nH]1. The van der Waals surface area contributed by atoms with Crippen LogP contribution in [-0.2, 0) is 23.1 Å². The zero-order valence-corrected chi connectivity index (χ0v) is 23.6. The molecule has 9 atom stereocenters. The van der Waals surface area contributed by atoms with Gasteiger partial charge in [-0.3, -0.25) is 18.2 Å². The highest BCUT2D eigenvalue weighted by Crippen LogP contribution is 2.50. The summed E-state index contributed by atoms with van der Waals surface area (Å²) in [6.45, 7) is -1.07.